The Kier molecular flexibility index (Phi) is 4.73. The normalized spacial score (nSPS) is 18.6. The van der Waals surface area contributed by atoms with Gasteiger partial charge in [0.15, 0.2) is 5.82 Å². The summed E-state index contributed by atoms with van der Waals surface area (Å²) in [7, 11) is 1.59. The van der Waals surface area contributed by atoms with Crippen molar-refractivity contribution < 1.29 is 14.3 Å². The number of rotatable bonds is 6. The fourth-order valence-electron chi connectivity index (χ4n) is 2.20. The zero-order valence-corrected chi connectivity index (χ0v) is 11.8. The fourth-order valence-corrected chi connectivity index (χ4v) is 2.20. The van der Waals surface area contributed by atoms with Crippen molar-refractivity contribution in [3.05, 3.63) is 11.8 Å². The molecule has 1 saturated heterocycles. The number of nitrogens with zero attached hydrogens (tertiary/aromatic N) is 2. The summed E-state index contributed by atoms with van der Waals surface area (Å²) < 4.78 is 4.95. The van der Waals surface area contributed by atoms with Gasteiger partial charge in [-0.25, -0.2) is 0 Å². The SMILES string of the molecule is CCc1cc(NC(=O)C2CC(=O)N(CCOC)C2)n[nH]1. The number of nitrogens with one attached hydrogen (secondary N) is 2. The monoisotopic (exact) mass is 280 g/mol. The van der Waals surface area contributed by atoms with Crippen molar-refractivity contribution >= 4 is 17.6 Å². The van der Waals surface area contributed by atoms with Gasteiger partial charge in [-0.3, -0.25) is 14.7 Å². The minimum atomic E-state index is -0.318. The molecule has 2 amide bonds. The van der Waals surface area contributed by atoms with E-state index < -0.39 is 0 Å². The Morgan fingerprint density at radius 3 is 3.10 bits per heavy atom. The zero-order valence-electron chi connectivity index (χ0n) is 11.8. The number of H-pyrrole nitrogens is 1. The molecule has 1 fully saturated rings. The lowest BCUT2D eigenvalue weighted by atomic mass is 10.1. The minimum Gasteiger partial charge on any atom is -0.383 e. The molecule has 0 spiro atoms. The number of hydrogen-bond acceptors (Lipinski definition) is 4. The van der Waals surface area contributed by atoms with Crippen molar-refractivity contribution in [1.29, 1.82) is 0 Å². The zero-order chi connectivity index (χ0) is 14.5. The topological polar surface area (TPSA) is 87.3 Å². The predicted octanol–water partition coefficient (Wildman–Crippen LogP) is 0.405. The first-order chi connectivity index (χ1) is 9.63. The number of anilines is 1. The van der Waals surface area contributed by atoms with Gasteiger partial charge in [0.25, 0.3) is 0 Å². The molecular formula is C13H20N4O3. The van der Waals surface area contributed by atoms with Crippen molar-refractivity contribution in [2.75, 3.05) is 32.1 Å². The maximum Gasteiger partial charge on any atom is 0.230 e. The molecule has 1 aliphatic rings. The molecular weight excluding hydrogens is 260 g/mol. The Balaban J connectivity index is 1.88. The van der Waals surface area contributed by atoms with Crippen LogP contribution in [0.15, 0.2) is 6.07 Å². The molecule has 1 atom stereocenters. The lowest BCUT2D eigenvalue weighted by molar-refractivity contribution is -0.128. The number of aromatic amines is 1. The van der Waals surface area contributed by atoms with Crippen LogP contribution >= 0.6 is 0 Å². The van der Waals surface area contributed by atoms with Crippen molar-refractivity contribution in [2.45, 2.75) is 19.8 Å². The van der Waals surface area contributed by atoms with Crippen molar-refractivity contribution in [3.63, 3.8) is 0 Å². The first kappa shape index (κ1) is 14.5. The molecule has 0 aromatic carbocycles. The maximum absolute atomic E-state index is 12.1. The van der Waals surface area contributed by atoms with Gasteiger partial charge in [-0.2, -0.15) is 5.10 Å². The van der Waals surface area contributed by atoms with E-state index in [4.69, 9.17) is 4.74 Å². The number of hydrogen-bond donors (Lipinski definition) is 2. The molecule has 0 aliphatic carbocycles. The number of carbonyl (C=O) groups excluding carboxylic acids is 2. The molecule has 1 aromatic heterocycles. The summed E-state index contributed by atoms with van der Waals surface area (Å²) in [6.45, 7) is 3.46. The van der Waals surface area contributed by atoms with Crippen molar-refractivity contribution in [3.8, 4) is 0 Å². The summed E-state index contributed by atoms with van der Waals surface area (Å²) in [5, 5.41) is 9.59. The summed E-state index contributed by atoms with van der Waals surface area (Å²) in [5.74, 6) is 0.0293. The second kappa shape index (κ2) is 6.51. The molecule has 0 bridgehead atoms. The smallest absolute Gasteiger partial charge is 0.230 e. The number of carbonyl (C=O) groups is 2. The van der Waals surface area contributed by atoms with Crippen LogP contribution in [-0.4, -0.2) is 53.7 Å². The van der Waals surface area contributed by atoms with Crippen LogP contribution < -0.4 is 5.32 Å². The molecule has 1 aliphatic heterocycles. The van der Waals surface area contributed by atoms with Crippen LogP contribution in [-0.2, 0) is 20.7 Å². The number of methoxy groups -OCH3 is 1. The van der Waals surface area contributed by atoms with Crippen LogP contribution in [0.5, 0.6) is 0 Å². The number of amides is 2. The number of likely N-dealkylation sites (tertiary alicyclic amines) is 1. The Hall–Kier alpha value is -1.89. The third kappa shape index (κ3) is 3.36. The van der Waals surface area contributed by atoms with Gasteiger partial charge in [0, 0.05) is 38.4 Å². The Labute approximate surface area is 117 Å². The lowest BCUT2D eigenvalue weighted by Gasteiger charge is -2.15. The van der Waals surface area contributed by atoms with Gasteiger partial charge in [0.2, 0.25) is 11.8 Å². The second-order valence-electron chi connectivity index (χ2n) is 4.85. The highest BCUT2D eigenvalue weighted by Crippen LogP contribution is 2.19. The predicted molar refractivity (Wildman–Crippen MR) is 73.2 cm³/mol. The van der Waals surface area contributed by atoms with Crippen LogP contribution in [0.4, 0.5) is 5.82 Å². The standard InChI is InChI=1S/C13H20N4O3/c1-3-10-7-11(16-15-10)14-13(19)9-6-12(18)17(8-9)4-5-20-2/h7,9H,3-6,8H2,1-2H3,(H2,14,15,16,19). The quantitative estimate of drug-likeness (QED) is 0.790. The van der Waals surface area contributed by atoms with E-state index in [2.05, 4.69) is 15.5 Å². The van der Waals surface area contributed by atoms with E-state index in [0.717, 1.165) is 12.1 Å². The van der Waals surface area contributed by atoms with Crippen LogP contribution in [0.25, 0.3) is 0 Å². The molecule has 1 aromatic rings. The van der Waals surface area contributed by atoms with Crippen molar-refractivity contribution in [2.24, 2.45) is 5.92 Å². The number of ether oxygens (including phenoxy) is 1. The molecule has 110 valence electrons. The van der Waals surface area contributed by atoms with Gasteiger partial charge in [-0.1, -0.05) is 6.92 Å². The third-order valence-electron chi connectivity index (χ3n) is 3.41. The van der Waals surface area contributed by atoms with E-state index in [-0.39, 0.29) is 24.2 Å². The van der Waals surface area contributed by atoms with Gasteiger partial charge < -0.3 is 15.0 Å². The van der Waals surface area contributed by atoms with Gasteiger partial charge in [0.1, 0.15) is 0 Å². The van der Waals surface area contributed by atoms with E-state index in [9.17, 15) is 9.59 Å². The van der Waals surface area contributed by atoms with Crippen LogP contribution in [0, 0.1) is 5.92 Å². The largest absolute Gasteiger partial charge is 0.383 e. The summed E-state index contributed by atoms with van der Waals surface area (Å²) in [4.78, 5) is 25.5. The van der Waals surface area contributed by atoms with Gasteiger partial charge in [-0.05, 0) is 6.42 Å². The van der Waals surface area contributed by atoms with Gasteiger partial charge >= 0.3 is 0 Å². The summed E-state index contributed by atoms with van der Waals surface area (Å²) >= 11 is 0. The van der Waals surface area contributed by atoms with Crippen molar-refractivity contribution in [1.82, 2.24) is 15.1 Å². The fraction of sp³-hybridized carbons (Fsp3) is 0.615. The minimum absolute atomic E-state index is 0.00141. The molecule has 0 saturated carbocycles. The van der Waals surface area contributed by atoms with Gasteiger partial charge in [-0.15, -0.1) is 0 Å². The van der Waals surface area contributed by atoms with E-state index in [1.807, 2.05) is 6.92 Å². The number of aryl methyl sites for hydroxylation is 1. The molecule has 2 rings (SSSR count). The number of aromatic nitrogens is 2. The Bertz CT molecular complexity index is 486. The highest BCUT2D eigenvalue weighted by Gasteiger charge is 2.34. The molecule has 7 nitrogen and oxygen atoms in total. The summed E-state index contributed by atoms with van der Waals surface area (Å²) in [6, 6.07) is 1.80. The summed E-state index contributed by atoms with van der Waals surface area (Å²) in [6.07, 6.45) is 1.08. The Morgan fingerprint density at radius 1 is 1.65 bits per heavy atom. The molecule has 2 heterocycles. The van der Waals surface area contributed by atoms with E-state index in [0.29, 0.717) is 25.5 Å². The highest BCUT2D eigenvalue weighted by molar-refractivity contribution is 5.96. The van der Waals surface area contributed by atoms with E-state index in [1.54, 1.807) is 18.1 Å². The first-order valence-electron chi connectivity index (χ1n) is 6.76. The van der Waals surface area contributed by atoms with E-state index >= 15 is 0 Å². The third-order valence-corrected chi connectivity index (χ3v) is 3.41. The van der Waals surface area contributed by atoms with Crippen LogP contribution in [0.3, 0.4) is 0 Å². The molecule has 20 heavy (non-hydrogen) atoms. The molecule has 2 N–H and O–H groups in total. The molecule has 0 radical (unpaired) electrons. The second-order valence-corrected chi connectivity index (χ2v) is 4.85. The first-order valence-corrected chi connectivity index (χ1v) is 6.76. The van der Waals surface area contributed by atoms with E-state index in [1.165, 1.54) is 0 Å². The highest BCUT2D eigenvalue weighted by atomic mass is 16.5. The Morgan fingerprint density at radius 2 is 2.45 bits per heavy atom. The van der Waals surface area contributed by atoms with Crippen LogP contribution in [0.1, 0.15) is 19.0 Å². The molecule has 1 unspecified atom stereocenters. The van der Waals surface area contributed by atoms with Crippen LogP contribution in [0.2, 0.25) is 0 Å². The average Bonchev–Trinajstić information content (AvgIpc) is 3.03. The average molecular weight is 280 g/mol. The summed E-state index contributed by atoms with van der Waals surface area (Å²) in [5.41, 5.74) is 0.963. The molecule has 7 heteroatoms. The van der Waals surface area contributed by atoms with Gasteiger partial charge in [0.05, 0.1) is 12.5 Å². The maximum atomic E-state index is 12.1. The lowest BCUT2D eigenvalue weighted by Crippen LogP contribution is -2.30.